The molecule has 0 fully saturated rings. The maximum atomic E-state index is 12.2. The van der Waals surface area contributed by atoms with Crippen LogP contribution in [0.4, 0.5) is 5.82 Å². The molecule has 2 aromatic heterocycles. The fraction of sp³-hybridized carbons (Fsp3) is 0.0909. The highest BCUT2D eigenvalue weighted by molar-refractivity contribution is 7.89. The Morgan fingerprint density at radius 2 is 2.09 bits per heavy atom. The fourth-order valence-corrected chi connectivity index (χ4v) is 3.98. The standard InChI is InChI=1S/C11H9Cl2N3O4S2/c12-6-2-8(10(14)15-4-6)22(19,20)16-3-5-1-7(11(17)18)21-9(5)13/h1-2,4,16H,3H2,(H2,14,15)(H,17,18). The van der Waals surface area contributed by atoms with E-state index in [-0.39, 0.29) is 31.5 Å². The SMILES string of the molecule is Nc1ncc(Cl)cc1S(=O)(=O)NCc1cc(C(=O)O)sc1Cl. The van der Waals surface area contributed by atoms with Gasteiger partial charge in [-0.15, -0.1) is 11.3 Å². The van der Waals surface area contributed by atoms with Gasteiger partial charge < -0.3 is 10.8 Å². The van der Waals surface area contributed by atoms with Crippen LogP contribution in [0, 0.1) is 0 Å². The zero-order valence-corrected chi connectivity index (χ0v) is 13.9. The quantitative estimate of drug-likeness (QED) is 0.729. The number of sulfonamides is 1. The molecule has 0 radical (unpaired) electrons. The van der Waals surface area contributed by atoms with E-state index in [0.717, 1.165) is 11.3 Å². The van der Waals surface area contributed by atoms with E-state index in [1.165, 1.54) is 18.3 Å². The number of nitrogens with zero attached hydrogens (tertiary/aromatic N) is 1. The summed E-state index contributed by atoms with van der Waals surface area (Å²) in [4.78, 5) is 14.3. The van der Waals surface area contributed by atoms with Crippen molar-refractivity contribution in [2.24, 2.45) is 0 Å². The number of nitrogen functional groups attached to an aromatic ring is 1. The van der Waals surface area contributed by atoms with Crippen molar-refractivity contribution in [3.63, 3.8) is 0 Å². The van der Waals surface area contributed by atoms with Crippen molar-refractivity contribution in [3.05, 3.63) is 38.1 Å². The van der Waals surface area contributed by atoms with Gasteiger partial charge in [0.15, 0.2) is 0 Å². The molecular weight excluding hydrogens is 373 g/mol. The van der Waals surface area contributed by atoms with Gasteiger partial charge in [0.2, 0.25) is 10.0 Å². The summed E-state index contributed by atoms with van der Waals surface area (Å²) in [5.74, 6) is -1.33. The fourth-order valence-electron chi connectivity index (χ4n) is 1.53. The zero-order chi connectivity index (χ0) is 16.5. The summed E-state index contributed by atoms with van der Waals surface area (Å²) in [7, 11) is -3.96. The molecule has 2 heterocycles. The van der Waals surface area contributed by atoms with Gasteiger partial charge in [-0.25, -0.2) is 22.9 Å². The van der Waals surface area contributed by atoms with Crippen molar-refractivity contribution in [3.8, 4) is 0 Å². The molecule has 0 aliphatic rings. The largest absolute Gasteiger partial charge is 0.477 e. The zero-order valence-electron chi connectivity index (χ0n) is 10.7. The first kappa shape index (κ1) is 17.0. The number of aromatic nitrogens is 1. The number of carbonyl (C=O) groups is 1. The lowest BCUT2D eigenvalue weighted by Crippen LogP contribution is -2.24. The minimum absolute atomic E-state index is 0.0168. The molecule has 0 aliphatic carbocycles. The highest BCUT2D eigenvalue weighted by atomic mass is 35.5. The topological polar surface area (TPSA) is 122 Å². The number of carboxylic acids is 1. The summed E-state index contributed by atoms with van der Waals surface area (Å²) in [6.07, 6.45) is 1.23. The molecule has 0 amide bonds. The lowest BCUT2D eigenvalue weighted by Gasteiger charge is -2.08. The molecule has 2 aromatic rings. The smallest absolute Gasteiger partial charge is 0.345 e. The van der Waals surface area contributed by atoms with Crippen LogP contribution in [0.15, 0.2) is 23.2 Å². The molecule has 0 saturated carbocycles. The number of anilines is 1. The van der Waals surface area contributed by atoms with Gasteiger partial charge in [-0.05, 0) is 17.7 Å². The molecule has 0 unspecified atom stereocenters. The van der Waals surface area contributed by atoms with E-state index in [1.807, 2.05) is 0 Å². The van der Waals surface area contributed by atoms with Gasteiger partial charge in [0.25, 0.3) is 0 Å². The summed E-state index contributed by atoms with van der Waals surface area (Å²) in [6.45, 7) is -0.184. The van der Waals surface area contributed by atoms with Crippen LogP contribution in [-0.2, 0) is 16.6 Å². The average Bonchev–Trinajstić information content (AvgIpc) is 2.81. The number of nitrogens with two attached hydrogens (primary N) is 1. The van der Waals surface area contributed by atoms with Crippen LogP contribution in [-0.4, -0.2) is 24.5 Å². The molecule has 22 heavy (non-hydrogen) atoms. The molecule has 11 heteroatoms. The summed E-state index contributed by atoms with van der Waals surface area (Å²) in [6, 6.07) is 2.47. The maximum absolute atomic E-state index is 12.2. The Morgan fingerprint density at radius 1 is 1.41 bits per heavy atom. The van der Waals surface area contributed by atoms with Gasteiger partial charge in [-0.3, -0.25) is 0 Å². The van der Waals surface area contributed by atoms with E-state index < -0.39 is 16.0 Å². The highest BCUT2D eigenvalue weighted by Gasteiger charge is 2.20. The minimum Gasteiger partial charge on any atom is -0.477 e. The van der Waals surface area contributed by atoms with E-state index >= 15 is 0 Å². The molecule has 0 atom stereocenters. The second-order valence-corrected chi connectivity index (χ2v) is 7.90. The molecule has 0 bridgehead atoms. The van der Waals surface area contributed by atoms with E-state index in [9.17, 15) is 13.2 Å². The molecule has 7 nitrogen and oxygen atoms in total. The molecule has 2 rings (SSSR count). The first-order valence-electron chi connectivity index (χ1n) is 5.63. The van der Waals surface area contributed by atoms with Crippen molar-refractivity contribution >= 4 is 56.3 Å². The summed E-state index contributed by atoms with van der Waals surface area (Å²) in [5.41, 5.74) is 5.88. The Bertz CT molecular complexity index is 836. The van der Waals surface area contributed by atoms with E-state index in [4.69, 9.17) is 34.0 Å². The predicted octanol–water partition coefficient (Wildman–Crippen LogP) is 2.21. The van der Waals surface area contributed by atoms with Crippen molar-refractivity contribution in [2.45, 2.75) is 11.4 Å². The summed E-state index contributed by atoms with van der Waals surface area (Å²) in [5, 5.41) is 8.99. The Labute approximate surface area is 139 Å². The first-order chi connectivity index (χ1) is 10.2. The Hall–Kier alpha value is -1.39. The number of carboxylic acid groups (broad SMARTS) is 1. The van der Waals surface area contributed by atoms with Gasteiger partial charge in [-0.2, -0.15) is 0 Å². The lowest BCUT2D eigenvalue weighted by molar-refractivity contribution is 0.0702. The second-order valence-electron chi connectivity index (χ2n) is 4.08. The first-order valence-corrected chi connectivity index (χ1v) is 8.68. The van der Waals surface area contributed by atoms with Crippen LogP contribution < -0.4 is 10.5 Å². The normalized spacial score (nSPS) is 11.5. The van der Waals surface area contributed by atoms with Crippen LogP contribution >= 0.6 is 34.5 Å². The third-order valence-electron chi connectivity index (χ3n) is 2.56. The number of thiophene rings is 1. The number of halogens is 2. The van der Waals surface area contributed by atoms with Gasteiger partial charge in [-0.1, -0.05) is 23.2 Å². The average molecular weight is 382 g/mol. The molecule has 0 spiro atoms. The molecule has 0 aromatic carbocycles. The van der Waals surface area contributed by atoms with Crippen molar-refractivity contribution in [1.82, 2.24) is 9.71 Å². The molecule has 118 valence electrons. The van der Waals surface area contributed by atoms with E-state index in [1.54, 1.807) is 0 Å². The van der Waals surface area contributed by atoms with Crippen LogP contribution in [0.1, 0.15) is 15.2 Å². The van der Waals surface area contributed by atoms with Crippen LogP contribution in [0.2, 0.25) is 9.36 Å². The number of hydrogen-bond donors (Lipinski definition) is 3. The number of rotatable bonds is 5. The third kappa shape index (κ3) is 3.68. The molecule has 4 N–H and O–H groups in total. The van der Waals surface area contributed by atoms with Crippen molar-refractivity contribution in [2.75, 3.05) is 5.73 Å². The second kappa shape index (κ2) is 6.39. The van der Waals surface area contributed by atoms with Crippen LogP contribution in [0.25, 0.3) is 0 Å². The molecule has 0 aliphatic heterocycles. The van der Waals surface area contributed by atoms with Gasteiger partial charge in [0.1, 0.15) is 15.6 Å². The minimum atomic E-state index is -3.96. The third-order valence-corrected chi connectivity index (χ3v) is 5.62. The van der Waals surface area contributed by atoms with Crippen molar-refractivity contribution < 1.29 is 18.3 Å². The number of nitrogens with one attached hydrogen (secondary N) is 1. The Morgan fingerprint density at radius 3 is 2.68 bits per heavy atom. The number of pyridine rings is 1. The van der Waals surface area contributed by atoms with Crippen LogP contribution in [0.5, 0.6) is 0 Å². The Balaban J connectivity index is 2.23. The summed E-state index contributed by atoms with van der Waals surface area (Å²) >= 11 is 12.4. The lowest BCUT2D eigenvalue weighted by atomic mass is 10.3. The van der Waals surface area contributed by atoms with Gasteiger partial charge >= 0.3 is 5.97 Å². The summed E-state index contributed by atoms with van der Waals surface area (Å²) < 4.78 is 26.8. The van der Waals surface area contributed by atoms with Crippen LogP contribution in [0.3, 0.4) is 0 Å². The number of hydrogen-bond acceptors (Lipinski definition) is 6. The van der Waals surface area contributed by atoms with Gasteiger partial charge in [0.05, 0.1) is 9.36 Å². The molecular formula is C11H9Cl2N3O4S2. The van der Waals surface area contributed by atoms with E-state index in [0.29, 0.717) is 5.56 Å². The predicted molar refractivity (Wildman–Crippen MR) is 84.0 cm³/mol. The molecule has 0 saturated heterocycles. The van der Waals surface area contributed by atoms with Crippen molar-refractivity contribution in [1.29, 1.82) is 0 Å². The highest BCUT2D eigenvalue weighted by Crippen LogP contribution is 2.28. The number of aromatic carboxylic acids is 1. The maximum Gasteiger partial charge on any atom is 0.345 e. The Kier molecular flexibility index (Phi) is 4.93. The van der Waals surface area contributed by atoms with E-state index in [2.05, 4.69) is 9.71 Å². The monoisotopic (exact) mass is 381 g/mol. The van der Waals surface area contributed by atoms with Gasteiger partial charge in [0, 0.05) is 12.7 Å².